The summed E-state index contributed by atoms with van der Waals surface area (Å²) < 4.78 is 0.899. The SMILES string of the molecule is O=C(Nc1ccc(Br)cn1)c1cc2c(s1)CCC2. The molecule has 1 aliphatic carbocycles. The smallest absolute Gasteiger partial charge is 0.266 e. The molecule has 0 radical (unpaired) electrons. The van der Waals surface area contributed by atoms with Crippen LogP contribution in [0.25, 0.3) is 0 Å². The highest BCUT2D eigenvalue weighted by molar-refractivity contribution is 9.10. The molecule has 92 valence electrons. The first-order valence-corrected chi connectivity index (χ1v) is 7.38. The summed E-state index contributed by atoms with van der Waals surface area (Å²) in [4.78, 5) is 18.3. The normalized spacial score (nSPS) is 13.4. The predicted molar refractivity (Wildman–Crippen MR) is 76.2 cm³/mol. The quantitative estimate of drug-likeness (QED) is 0.917. The average molecular weight is 323 g/mol. The fourth-order valence-electron chi connectivity index (χ4n) is 2.07. The average Bonchev–Trinajstić information content (AvgIpc) is 2.92. The molecule has 0 saturated heterocycles. The van der Waals surface area contributed by atoms with Crippen molar-refractivity contribution in [3.63, 3.8) is 0 Å². The third kappa shape index (κ3) is 2.33. The zero-order valence-electron chi connectivity index (χ0n) is 9.57. The highest BCUT2D eigenvalue weighted by Crippen LogP contribution is 2.30. The zero-order valence-corrected chi connectivity index (χ0v) is 12.0. The van der Waals surface area contributed by atoms with Gasteiger partial charge in [-0.15, -0.1) is 11.3 Å². The molecule has 0 aliphatic heterocycles. The molecule has 18 heavy (non-hydrogen) atoms. The van der Waals surface area contributed by atoms with Crippen molar-refractivity contribution < 1.29 is 4.79 Å². The molecular weight excluding hydrogens is 312 g/mol. The van der Waals surface area contributed by atoms with E-state index in [1.54, 1.807) is 23.6 Å². The van der Waals surface area contributed by atoms with Gasteiger partial charge in [0.2, 0.25) is 0 Å². The number of halogens is 1. The Bertz CT molecular complexity index is 570. The third-order valence-electron chi connectivity index (χ3n) is 2.94. The Kier molecular flexibility index (Phi) is 3.18. The van der Waals surface area contributed by atoms with E-state index in [0.717, 1.165) is 22.2 Å². The van der Waals surface area contributed by atoms with Crippen molar-refractivity contribution in [2.24, 2.45) is 0 Å². The summed E-state index contributed by atoms with van der Waals surface area (Å²) in [5, 5.41) is 2.81. The summed E-state index contributed by atoms with van der Waals surface area (Å²) >= 11 is 4.92. The van der Waals surface area contributed by atoms with Crippen LogP contribution < -0.4 is 5.32 Å². The van der Waals surface area contributed by atoms with Crippen LogP contribution in [0.5, 0.6) is 0 Å². The lowest BCUT2D eigenvalue weighted by atomic mass is 10.2. The second-order valence-corrected chi connectivity index (χ2v) is 6.28. The zero-order chi connectivity index (χ0) is 12.5. The monoisotopic (exact) mass is 322 g/mol. The van der Waals surface area contributed by atoms with Crippen LogP contribution in [0, 0.1) is 0 Å². The fraction of sp³-hybridized carbons (Fsp3) is 0.231. The van der Waals surface area contributed by atoms with E-state index in [0.29, 0.717) is 5.82 Å². The van der Waals surface area contributed by atoms with Gasteiger partial charge in [-0.1, -0.05) is 0 Å². The van der Waals surface area contributed by atoms with E-state index in [-0.39, 0.29) is 5.91 Å². The van der Waals surface area contributed by atoms with Crippen molar-refractivity contribution in [3.8, 4) is 0 Å². The van der Waals surface area contributed by atoms with E-state index in [9.17, 15) is 4.79 Å². The number of aromatic nitrogens is 1. The van der Waals surface area contributed by atoms with E-state index in [1.165, 1.54) is 16.9 Å². The van der Waals surface area contributed by atoms with Crippen LogP contribution in [-0.2, 0) is 12.8 Å². The van der Waals surface area contributed by atoms with Crippen molar-refractivity contribution in [3.05, 3.63) is 44.2 Å². The van der Waals surface area contributed by atoms with Crippen molar-refractivity contribution in [1.29, 1.82) is 0 Å². The fourth-order valence-corrected chi connectivity index (χ4v) is 3.45. The second-order valence-electron chi connectivity index (χ2n) is 4.23. The van der Waals surface area contributed by atoms with Crippen LogP contribution in [0.3, 0.4) is 0 Å². The van der Waals surface area contributed by atoms with Crippen molar-refractivity contribution in [2.45, 2.75) is 19.3 Å². The Hall–Kier alpha value is -1.20. The molecule has 1 aliphatic rings. The number of amides is 1. The molecule has 0 saturated carbocycles. The van der Waals surface area contributed by atoms with E-state index in [1.807, 2.05) is 12.1 Å². The van der Waals surface area contributed by atoms with Crippen LogP contribution in [0.1, 0.15) is 26.5 Å². The van der Waals surface area contributed by atoms with Gasteiger partial charge in [0, 0.05) is 15.5 Å². The minimum atomic E-state index is -0.0655. The Labute approximate surface area is 117 Å². The highest BCUT2D eigenvalue weighted by atomic mass is 79.9. The topological polar surface area (TPSA) is 42.0 Å². The molecule has 0 spiro atoms. The lowest BCUT2D eigenvalue weighted by molar-refractivity contribution is 0.103. The Morgan fingerprint density at radius 1 is 1.39 bits per heavy atom. The number of nitrogens with zero attached hydrogens (tertiary/aromatic N) is 1. The molecule has 2 heterocycles. The van der Waals surface area contributed by atoms with Gasteiger partial charge in [-0.25, -0.2) is 4.98 Å². The van der Waals surface area contributed by atoms with E-state index < -0.39 is 0 Å². The summed E-state index contributed by atoms with van der Waals surface area (Å²) in [6, 6.07) is 5.65. The maximum Gasteiger partial charge on any atom is 0.266 e. The highest BCUT2D eigenvalue weighted by Gasteiger charge is 2.18. The minimum absolute atomic E-state index is 0.0655. The number of thiophene rings is 1. The van der Waals surface area contributed by atoms with E-state index in [4.69, 9.17) is 0 Å². The molecule has 5 heteroatoms. The molecule has 1 N–H and O–H groups in total. The number of aryl methyl sites for hydroxylation is 2. The number of pyridine rings is 1. The molecule has 3 rings (SSSR count). The third-order valence-corrected chi connectivity index (χ3v) is 4.64. The molecule has 0 fully saturated rings. The number of carbonyl (C=O) groups is 1. The van der Waals surface area contributed by atoms with Crippen LogP contribution in [0.4, 0.5) is 5.82 Å². The molecule has 3 nitrogen and oxygen atoms in total. The first-order valence-electron chi connectivity index (χ1n) is 5.77. The van der Waals surface area contributed by atoms with Gasteiger partial charge >= 0.3 is 0 Å². The summed E-state index contributed by atoms with van der Waals surface area (Å²) in [6.07, 6.45) is 5.11. The standard InChI is InChI=1S/C13H11BrN2OS/c14-9-4-5-12(15-7-9)16-13(17)11-6-8-2-1-3-10(8)18-11/h4-7H,1-3H2,(H,15,16,17). The molecule has 1 amide bonds. The first kappa shape index (κ1) is 11.9. The number of fused-ring (bicyclic) bond motifs is 1. The van der Waals surface area contributed by atoms with Gasteiger partial charge in [-0.05, 0) is 59.0 Å². The summed E-state index contributed by atoms with van der Waals surface area (Å²) in [5.74, 6) is 0.515. The second kappa shape index (κ2) is 4.82. The van der Waals surface area contributed by atoms with Gasteiger partial charge < -0.3 is 5.32 Å². The van der Waals surface area contributed by atoms with Gasteiger partial charge in [0.25, 0.3) is 5.91 Å². The summed E-state index contributed by atoms with van der Waals surface area (Å²) in [6.45, 7) is 0. The Morgan fingerprint density at radius 3 is 3.00 bits per heavy atom. The summed E-state index contributed by atoms with van der Waals surface area (Å²) in [7, 11) is 0. The van der Waals surface area contributed by atoms with Gasteiger partial charge in [-0.2, -0.15) is 0 Å². The largest absolute Gasteiger partial charge is 0.306 e. The Morgan fingerprint density at radius 2 is 2.28 bits per heavy atom. The number of carbonyl (C=O) groups excluding carboxylic acids is 1. The molecule has 0 atom stereocenters. The van der Waals surface area contributed by atoms with Crippen LogP contribution in [0.15, 0.2) is 28.9 Å². The van der Waals surface area contributed by atoms with E-state index in [2.05, 4.69) is 26.2 Å². The maximum absolute atomic E-state index is 12.1. The van der Waals surface area contributed by atoms with Crippen molar-refractivity contribution in [1.82, 2.24) is 4.98 Å². The van der Waals surface area contributed by atoms with Crippen LogP contribution in [-0.4, -0.2) is 10.9 Å². The van der Waals surface area contributed by atoms with Gasteiger partial charge in [0.1, 0.15) is 5.82 Å². The van der Waals surface area contributed by atoms with Crippen LogP contribution >= 0.6 is 27.3 Å². The van der Waals surface area contributed by atoms with Crippen molar-refractivity contribution in [2.75, 3.05) is 5.32 Å². The molecular formula is C13H11BrN2OS. The summed E-state index contributed by atoms with van der Waals surface area (Å²) in [5.41, 5.74) is 1.34. The number of hydrogen-bond donors (Lipinski definition) is 1. The molecule has 2 aromatic heterocycles. The first-order chi connectivity index (χ1) is 8.72. The van der Waals surface area contributed by atoms with E-state index >= 15 is 0 Å². The minimum Gasteiger partial charge on any atom is -0.306 e. The predicted octanol–water partition coefficient (Wildman–Crippen LogP) is 3.65. The molecule has 0 unspecified atom stereocenters. The number of nitrogens with one attached hydrogen (secondary N) is 1. The number of anilines is 1. The van der Waals surface area contributed by atoms with Crippen molar-refractivity contribution >= 4 is 39.0 Å². The lowest BCUT2D eigenvalue weighted by Gasteiger charge is -2.02. The lowest BCUT2D eigenvalue weighted by Crippen LogP contribution is -2.11. The molecule has 0 bridgehead atoms. The van der Waals surface area contributed by atoms with Gasteiger partial charge in [0.05, 0.1) is 4.88 Å². The molecule has 2 aromatic rings. The maximum atomic E-state index is 12.1. The van der Waals surface area contributed by atoms with Crippen LogP contribution in [0.2, 0.25) is 0 Å². The Balaban J connectivity index is 1.76. The molecule has 0 aromatic carbocycles. The van der Waals surface area contributed by atoms with Gasteiger partial charge in [0.15, 0.2) is 0 Å². The van der Waals surface area contributed by atoms with Gasteiger partial charge in [-0.3, -0.25) is 4.79 Å². The number of hydrogen-bond acceptors (Lipinski definition) is 3. The number of rotatable bonds is 2.